The van der Waals surface area contributed by atoms with Crippen molar-refractivity contribution in [3.63, 3.8) is 0 Å². The fraction of sp³-hybridized carbons (Fsp3) is 0.444. The lowest BCUT2D eigenvalue weighted by Crippen LogP contribution is -2.44. The van der Waals surface area contributed by atoms with Gasteiger partial charge in [0.2, 0.25) is 5.95 Å². The van der Waals surface area contributed by atoms with Crippen molar-refractivity contribution in [2.45, 2.75) is 31.7 Å². The van der Waals surface area contributed by atoms with E-state index in [9.17, 15) is 9.90 Å². The highest BCUT2D eigenvalue weighted by Gasteiger charge is 2.24. The van der Waals surface area contributed by atoms with Crippen molar-refractivity contribution in [1.82, 2.24) is 20.2 Å². The third kappa shape index (κ3) is 6.03. The van der Waals surface area contributed by atoms with Crippen LogP contribution >= 0.6 is 11.3 Å². The lowest BCUT2D eigenvalue weighted by molar-refractivity contribution is 0.0910. The number of nitrogens with zero attached hydrogens (tertiary/aromatic N) is 4. The van der Waals surface area contributed by atoms with Crippen LogP contribution in [0.2, 0.25) is 0 Å². The zero-order valence-corrected chi connectivity index (χ0v) is 21.5. The summed E-state index contributed by atoms with van der Waals surface area (Å²) in [5.41, 5.74) is 2.93. The van der Waals surface area contributed by atoms with Gasteiger partial charge in [-0.3, -0.25) is 4.79 Å². The van der Waals surface area contributed by atoms with Gasteiger partial charge in [0.05, 0.1) is 15.4 Å². The predicted molar refractivity (Wildman–Crippen MR) is 145 cm³/mol. The molecule has 2 fully saturated rings. The summed E-state index contributed by atoms with van der Waals surface area (Å²) in [4.78, 5) is 28.3. The fourth-order valence-electron chi connectivity index (χ4n) is 4.97. The van der Waals surface area contributed by atoms with E-state index in [2.05, 4.69) is 50.7 Å². The van der Waals surface area contributed by atoms with Gasteiger partial charge < -0.3 is 25.5 Å². The van der Waals surface area contributed by atoms with Gasteiger partial charge in [0.15, 0.2) is 0 Å². The van der Waals surface area contributed by atoms with Crippen LogP contribution in [0.25, 0.3) is 10.6 Å². The Bertz CT molecular complexity index is 1180. The first-order valence-electron chi connectivity index (χ1n) is 12.7. The fourth-order valence-corrected chi connectivity index (χ4v) is 5.85. The number of thiophene rings is 1. The molecule has 1 amide bonds. The van der Waals surface area contributed by atoms with E-state index >= 15 is 0 Å². The van der Waals surface area contributed by atoms with Crippen LogP contribution in [-0.4, -0.2) is 71.8 Å². The van der Waals surface area contributed by atoms with Gasteiger partial charge in [-0.15, -0.1) is 11.3 Å². The molecule has 1 aliphatic carbocycles. The number of nitrogens with one attached hydrogen (secondary N) is 2. The Balaban J connectivity index is 1.24. The molecule has 2 aliphatic rings. The smallest absolute Gasteiger partial charge is 0.261 e. The first-order chi connectivity index (χ1) is 17.6. The number of aromatic nitrogens is 2. The number of hydrogen-bond donors (Lipinski definition) is 3. The monoisotopic (exact) mass is 506 g/mol. The van der Waals surface area contributed by atoms with E-state index in [1.807, 2.05) is 24.3 Å². The Labute approximate surface area is 216 Å². The van der Waals surface area contributed by atoms with Crippen LogP contribution in [0.1, 0.15) is 35.4 Å². The van der Waals surface area contributed by atoms with E-state index in [4.69, 9.17) is 4.98 Å². The lowest BCUT2D eigenvalue weighted by Gasteiger charge is -2.34. The largest absolute Gasteiger partial charge is 0.396 e. The Morgan fingerprint density at radius 3 is 2.83 bits per heavy atom. The number of likely N-dealkylation sites (N-methyl/N-ethyl adjacent to an activating group) is 1. The molecule has 2 aromatic heterocycles. The molecule has 2 atom stereocenters. The van der Waals surface area contributed by atoms with Crippen LogP contribution in [0.3, 0.4) is 0 Å². The minimum absolute atomic E-state index is 0.0528. The van der Waals surface area contributed by atoms with Crippen molar-refractivity contribution in [2.75, 3.05) is 50.1 Å². The topological polar surface area (TPSA) is 93.6 Å². The zero-order valence-electron chi connectivity index (χ0n) is 20.7. The molecule has 3 N–H and O–H groups in total. The molecule has 2 unspecified atom stereocenters. The maximum Gasteiger partial charge on any atom is 0.261 e. The van der Waals surface area contributed by atoms with E-state index < -0.39 is 0 Å². The van der Waals surface area contributed by atoms with E-state index in [0.29, 0.717) is 10.8 Å². The lowest BCUT2D eigenvalue weighted by atomic mass is 9.86. The second-order valence-corrected chi connectivity index (χ2v) is 10.9. The first-order valence-corrected chi connectivity index (χ1v) is 13.5. The summed E-state index contributed by atoms with van der Waals surface area (Å²) >= 11 is 1.44. The summed E-state index contributed by atoms with van der Waals surface area (Å²) in [5, 5.41) is 15.9. The SMILES string of the molecule is CN1CCN(c2cccc(Nc3nccc(-c4ccc(C(=O)NC5CCCC(CO)C5)s4)n3)c2)CC1. The van der Waals surface area contributed by atoms with Crippen molar-refractivity contribution in [1.29, 1.82) is 0 Å². The molecular formula is C27H34N6O2S. The average Bonchev–Trinajstić information content (AvgIpc) is 3.40. The Hall–Kier alpha value is -3.01. The van der Waals surface area contributed by atoms with Gasteiger partial charge in [-0.2, -0.15) is 0 Å². The van der Waals surface area contributed by atoms with Crippen LogP contribution < -0.4 is 15.5 Å². The second-order valence-electron chi connectivity index (χ2n) is 9.78. The Morgan fingerprint density at radius 1 is 1.14 bits per heavy atom. The van der Waals surface area contributed by atoms with E-state index in [1.54, 1.807) is 6.20 Å². The van der Waals surface area contributed by atoms with E-state index in [1.165, 1.54) is 17.0 Å². The first kappa shape index (κ1) is 24.7. The number of carbonyl (C=O) groups excluding carboxylic acids is 1. The Kier molecular flexibility index (Phi) is 7.79. The molecule has 1 saturated heterocycles. The molecule has 0 radical (unpaired) electrons. The van der Waals surface area contributed by atoms with Crippen LogP contribution in [-0.2, 0) is 0 Å². The summed E-state index contributed by atoms with van der Waals surface area (Å²) in [5.74, 6) is 0.764. The number of aliphatic hydroxyl groups is 1. The number of amides is 1. The van der Waals surface area contributed by atoms with Gasteiger partial charge in [0.25, 0.3) is 5.91 Å². The number of piperazine rings is 1. The maximum absolute atomic E-state index is 12.8. The van der Waals surface area contributed by atoms with Crippen LogP contribution in [0.15, 0.2) is 48.7 Å². The molecular weight excluding hydrogens is 472 g/mol. The van der Waals surface area contributed by atoms with Crippen LogP contribution in [0.5, 0.6) is 0 Å². The third-order valence-electron chi connectivity index (χ3n) is 7.08. The molecule has 1 aliphatic heterocycles. The summed E-state index contributed by atoms with van der Waals surface area (Å²) in [6, 6.07) is 14.2. The minimum Gasteiger partial charge on any atom is -0.396 e. The molecule has 190 valence electrons. The summed E-state index contributed by atoms with van der Waals surface area (Å²) in [7, 11) is 2.16. The van der Waals surface area contributed by atoms with Crippen molar-refractivity contribution in [3.05, 3.63) is 53.5 Å². The van der Waals surface area contributed by atoms with Gasteiger partial charge in [-0.25, -0.2) is 9.97 Å². The second kappa shape index (κ2) is 11.4. The van der Waals surface area contributed by atoms with Crippen LogP contribution in [0.4, 0.5) is 17.3 Å². The van der Waals surface area contributed by atoms with Gasteiger partial charge in [-0.05, 0) is 68.6 Å². The summed E-state index contributed by atoms with van der Waals surface area (Å²) in [6.07, 6.45) is 5.64. The number of rotatable bonds is 7. The van der Waals surface area contributed by atoms with Gasteiger partial charge >= 0.3 is 0 Å². The van der Waals surface area contributed by atoms with Crippen molar-refractivity contribution in [2.24, 2.45) is 5.92 Å². The van der Waals surface area contributed by atoms with E-state index in [-0.39, 0.29) is 24.5 Å². The molecule has 9 heteroatoms. The average molecular weight is 507 g/mol. The normalized spacial score (nSPS) is 20.8. The molecule has 1 aromatic carbocycles. The van der Waals surface area contributed by atoms with Gasteiger partial charge in [-0.1, -0.05) is 12.5 Å². The zero-order chi connectivity index (χ0) is 24.9. The van der Waals surface area contributed by atoms with E-state index in [0.717, 1.165) is 68.1 Å². The van der Waals surface area contributed by atoms with Crippen molar-refractivity contribution in [3.8, 4) is 10.6 Å². The molecule has 3 heterocycles. The molecule has 1 saturated carbocycles. The van der Waals surface area contributed by atoms with Gasteiger partial charge in [0, 0.05) is 56.4 Å². The highest BCUT2D eigenvalue weighted by atomic mass is 32.1. The number of anilines is 3. The minimum atomic E-state index is -0.0528. The van der Waals surface area contributed by atoms with Crippen molar-refractivity contribution < 1.29 is 9.90 Å². The third-order valence-corrected chi connectivity index (χ3v) is 8.19. The summed E-state index contributed by atoms with van der Waals surface area (Å²) < 4.78 is 0. The predicted octanol–water partition coefficient (Wildman–Crippen LogP) is 3.98. The number of carbonyl (C=O) groups is 1. The highest BCUT2D eigenvalue weighted by Crippen LogP contribution is 2.29. The molecule has 36 heavy (non-hydrogen) atoms. The van der Waals surface area contributed by atoms with Crippen LogP contribution in [0, 0.1) is 5.92 Å². The Morgan fingerprint density at radius 2 is 2.00 bits per heavy atom. The highest BCUT2D eigenvalue weighted by molar-refractivity contribution is 7.17. The maximum atomic E-state index is 12.8. The van der Waals surface area contributed by atoms with Crippen molar-refractivity contribution >= 4 is 34.6 Å². The summed E-state index contributed by atoms with van der Waals surface area (Å²) in [6.45, 7) is 4.35. The number of benzene rings is 1. The quantitative estimate of drug-likeness (QED) is 0.446. The molecule has 8 nitrogen and oxygen atoms in total. The number of aliphatic hydroxyl groups excluding tert-OH is 1. The molecule has 0 bridgehead atoms. The molecule has 0 spiro atoms. The standard InChI is InChI=1S/C27H34N6O2S/c1-32-12-14-33(15-13-32)22-7-3-6-21(17-22)30-27-28-11-10-23(31-27)24-8-9-25(36-24)26(35)29-20-5-2-4-19(16-20)18-34/h3,6-11,17,19-20,34H,2,4-5,12-16,18H2,1H3,(H,29,35)(H,28,30,31). The van der Waals surface area contributed by atoms with Gasteiger partial charge in [0.1, 0.15) is 0 Å². The number of hydrogen-bond acceptors (Lipinski definition) is 8. The molecule has 5 rings (SSSR count). The molecule has 3 aromatic rings.